The van der Waals surface area contributed by atoms with Gasteiger partial charge in [-0.1, -0.05) is 29.8 Å². The number of halogens is 1. The highest BCUT2D eigenvalue weighted by Crippen LogP contribution is 2.53. The maximum absolute atomic E-state index is 12.2. The molecule has 0 saturated heterocycles. The van der Waals surface area contributed by atoms with Crippen LogP contribution in [0, 0.1) is 0 Å². The number of hydrogen-bond acceptors (Lipinski definition) is 3. The van der Waals surface area contributed by atoms with E-state index in [-0.39, 0.29) is 12.5 Å². The predicted octanol–water partition coefficient (Wildman–Crippen LogP) is 2.06. The number of carbonyl (C=O) groups excluding carboxylic acids is 2. The van der Waals surface area contributed by atoms with E-state index in [1.54, 1.807) is 13.0 Å². The molecule has 20 heavy (non-hydrogen) atoms. The van der Waals surface area contributed by atoms with E-state index in [0.717, 1.165) is 5.56 Å². The normalized spacial score (nSPS) is 23.9. The van der Waals surface area contributed by atoms with Gasteiger partial charge in [-0.25, -0.2) is 9.59 Å². The number of urea groups is 1. The van der Waals surface area contributed by atoms with Crippen LogP contribution >= 0.6 is 11.6 Å². The topological polar surface area (TPSA) is 67.4 Å². The molecule has 108 valence electrons. The summed E-state index contributed by atoms with van der Waals surface area (Å²) in [5, 5.41) is 5.73. The van der Waals surface area contributed by atoms with Crippen LogP contribution in [0.15, 0.2) is 24.3 Å². The summed E-state index contributed by atoms with van der Waals surface area (Å²) in [4.78, 5) is 23.7. The highest BCUT2D eigenvalue weighted by Gasteiger charge is 2.63. The van der Waals surface area contributed by atoms with E-state index in [1.807, 2.05) is 18.2 Å². The highest BCUT2D eigenvalue weighted by molar-refractivity contribution is 6.31. The first kappa shape index (κ1) is 14.7. The summed E-state index contributed by atoms with van der Waals surface area (Å²) in [6.45, 7) is 2.00. The highest BCUT2D eigenvalue weighted by atomic mass is 35.5. The molecular formula is C14H17ClN2O3. The van der Waals surface area contributed by atoms with Gasteiger partial charge in [-0.2, -0.15) is 0 Å². The van der Waals surface area contributed by atoms with Crippen molar-refractivity contribution in [1.82, 2.24) is 10.6 Å². The monoisotopic (exact) mass is 296 g/mol. The minimum Gasteiger partial charge on any atom is -0.464 e. The van der Waals surface area contributed by atoms with E-state index >= 15 is 0 Å². The van der Waals surface area contributed by atoms with Crippen LogP contribution in [0.2, 0.25) is 5.02 Å². The van der Waals surface area contributed by atoms with Gasteiger partial charge in [0.1, 0.15) is 5.54 Å². The molecule has 0 bridgehead atoms. The Labute approximate surface area is 122 Å². The zero-order valence-corrected chi connectivity index (χ0v) is 12.2. The maximum atomic E-state index is 12.2. The van der Waals surface area contributed by atoms with Crippen molar-refractivity contribution >= 4 is 23.6 Å². The van der Waals surface area contributed by atoms with Gasteiger partial charge in [-0.3, -0.25) is 0 Å². The Bertz CT molecular complexity index is 535. The van der Waals surface area contributed by atoms with Gasteiger partial charge >= 0.3 is 12.0 Å². The first-order valence-electron chi connectivity index (χ1n) is 6.46. The average Bonchev–Trinajstić information content (AvgIpc) is 3.15. The SMILES string of the molecule is CCOC(=O)C1(NC(=O)NC)CC1c1ccccc1Cl. The van der Waals surface area contributed by atoms with Crippen molar-refractivity contribution in [3.63, 3.8) is 0 Å². The number of benzene rings is 1. The van der Waals surface area contributed by atoms with Gasteiger partial charge in [-0.05, 0) is 25.0 Å². The first-order valence-corrected chi connectivity index (χ1v) is 6.84. The lowest BCUT2D eigenvalue weighted by Gasteiger charge is -2.18. The van der Waals surface area contributed by atoms with Crippen LogP contribution in [0.1, 0.15) is 24.8 Å². The zero-order valence-electron chi connectivity index (χ0n) is 11.4. The van der Waals surface area contributed by atoms with Gasteiger partial charge in [0.15, 0.2) is 0 Å². The number of hydrogen-bond donors (Lipinski definition) is 2. The van der Waals surface area contributed by atoms with E-state index < -0.39 is 17.5 Å². The molecule has 0 radical (unpaired) electrons. The molecule has 1 aliphatic carbocycles. The van der Waals surface area contributed by atoms with Crippen molar-refractivity contribution in [1.29, 1.82) is 0 Å². The Kier molecular flexibility index (Phi) is 4.18. The molecule has 2 atom stereocenters. The molecule has 1 aromatic carbocycles. The molecule has 1 aliphatic rings. The summed E-state index contributed by atoms with van der Waals surface area (Å²) in [6, 6.07) is 6.90. The largest absolute Gasteiger partial charge is 0.464 e. The number of ether oxygens (including phenoxy) is 1. The fourth-order valence-electron chi connectivity index (χ4n) is 2.34. The standard InChI is InChI=1S/C14H17ClN2O3/c1-3-20-12(18)14(17-13(19)16-2)8-10(14)9-6-4-5-7-11(9)15/h4-7,10H,3,8H2,1-2H3,(H2,16,17,19). The summed E-state index contributed by atoms with van der Waals surface area (Å²) in [7, 11) is 1.50. The fraction of sp³-hybridized carbons (Fsp3) is 0.429. The summed E-state index contributed by atoms with van der Waals surface area (Å²) in [5.41, 5.74) is -0.167. The molecule has 0 heterocycles. The van der Waals surface area contributed by atoms with E-state index in [2.05, 4.69) is 10.6 Å². The molecule has 2 N–H and O–H groups in total. The molecule has 2 amide bonds. The first-order chi connectivity index (χ1) is 9.55. The van der Waals surface area contributed by atoms with Gasteiger partial charge in [0.2, 0.25) is 0 Å². The molecule has 6 heteroatoms. The van der Waals surface area contributed by atoms with E-state index in [4.69, 9.17) is 16.3 Å². The zero-order chi connectivity index (χ0) is 14.8. The van der Waals surface area contributed by atoms with Crippen molar-refractivity contribution in [2.45, 2.75) is 24.8 Å². The van der Waals surface area contributed by atoms with Crippen LogP contribution in [-0.4, -0.2) is 31.2 Å². The molecule has 0 aromatic heterocycles. The molecule has 5 nitrogen and oxygen atoms in total. The number of nitrogens with one attached hydrogen (secondary N) is 2. The second-order valence-electron chi connectivity index (χ2n) is 4.67. The lowest BCUT2D eigenvalue weighted by Crippen LogP contribution is -2.49. The van der Waals surface area contributed by atoms with Crippen molar-refractivity contribution in [3.05, 3.63) is 34.9 Å². The van der Waals surface area contributed by atoms with E-state index in [9.17, 15) is 9.59 Å². The molecule has 1 aromatic rings. The van der Waals surface area contributed by atoms with Gasteiger partial charge in [-0.15, -0.1) is 0 Å². The second kappa shape index (κ2) is 5.71. The predicted molar refractivity (Wildman–Crippen MR) is 75.8 cm³/mol. The Hall–Kier alpha value is -1.75. The second-order valence-corrected chi connectivity index (χ2v) is 5.08. The van der Waals surface area contributed by atoms with Crippen LogP contribution in [0.25, 0.3) is 0 Å². The van der Waals surface area contributed by atoms with Gasteiger partial charge in [0.05, 0.1) is 6.61 Å². The lowest BCUT2D eigenvalue weighted by atomic mass is 10.1. The third kappa shape index (κ3) is 2.58. The molecule has 2 rings (SSSR count). The number of amides is 2. The lowest BCUT2D eigenvalue weighted by molar-refractivity contribution is -0.146. The van der Waals surface area contributed by atoms with Crippen molar-refractivity contribution in [3.8, 4) is 0 Å². The smallest absolute Gasteiger partial charge is 0.332 e. The average molecular weight is 297 g/mol. The quantitative estimate of drug-likeness (QED) is 0.836. The Morgan fingerprint density at radius 3 is 2.75 bits per heavy atom. The minimum absolute atomic E-state index is 0.160. The summed E-state index contributed by atoms with van der Waals surface area (Å²) < 4.78 is 5.08. The third-order valence-corrected chi connectivity index (χ3v) is 3.79. The molecule has 0 spiro atoms. The van der Waals surface area contributed by atoms with E-state index in [0.29, 0.717) is 11.4 Å². The van der Waals surface area contributed by atoms with Gasteiger partial charge in [0.25, 0.3) is 0 Å². The third-order valence-electron chi connectivity index (χ3n) is 3.44. The number of rotatable bonds is 4. The Morgan fingerprint density at radius 2 is 2.15 bits per heavy atom. The van der Waals surface area contributed by atoms with Crippen molar-refractivity contribution in [2.75, 3.05) is 13.7 Å². The van der Waals surface area contributed by atoms with E-state index in [1.165, 1.54) is 7.05 Å². The van der Waals surface area contributed by atoms with Crippen LogP contribution in [0.3, 0.4) is 0 Å². The Balaban J connectivity index is 2.26. The van der Waals surface area contributed by atoms with Gasteiger partial charge < -0.3 is 15.4 Å². The summed E-state index contributed by atoms with van der Waals surface area (Å²) in [6.07, 6.45) is 0.489. The summed E-state index contributed by atoms with van der Waals surface area (Å²) in [5.74, 6) is -0.582. The molecule has 0 aliphatic heterocycles. The van der Waals surface area contributed by atoms with Crippen molar-refractivity contribution in [2.24, 2.45) is 0 Å². The minimum atomic E-state index is -1.01. The summed E-state index contributed by atoms with van der Waals surface area (Å²) >= 11 is 6.16. The molecule has 1 saturated carbocycles. The fourth-order valence-corrected chi connectivity index (χ4v) is 2.60. The molecule has 2 unspecified atom stereocenters. The molecule has 1 fully saturated rings. The molecular weight excluding hydrogens is 280 g/mol. The van der Waals surface area contributed by atoms with Crippen LogP contribution in [-0.2, 0) is 9.53 Å². The number of carbonyl (C=O) groups is 2. The van der Waals surface area contributed by atoms with Crippen LogP contribution in [0.5, 0.6) is 0 Å². The van der Waals surface area contributed by atoms with Crippen LogP contribution < -0.4 is 10.6 Å². The maximum Gasteiger partial charge on any atom is 0.332 e. The van der Waals surface area contributed by atoms with Crippen molar-refractivity contribution < 1.29 is 14.3 Å². The van der Waals surface area contributed by atoms with Gasteiger partial charge in [0, 0.05) is 18.0 Å². The van der Waals surface area contributed by atoms with Crippen LogP contribution in [0.4, 0.5) is 4.79 Å². The number of esters is 1. The Morgan fingerprint density at radius 1 is 1.45 bits per heavy atom.